The van der Waals surface area contributed by atoms with Crippen molar-refractivity contribution >= 4 is 11.5 Å². The minimum atomic E-state index is -0.326. The van der Waals surface area contributed by atoms with Crippen molar-refractivity contribution in [3.63, 3.8) is 0 Å². The van der Waals surface area contributed by atoms with Crippen molar-refractivity contribution in [3.8, 4) is 5.75 Å². The van der Waals surface area contributed by atoms with Crippen LogP contribution in [0, 0.1) is 0 Å². The summed E-state index contributed by atoms with van der Waals surface area (Å²) in [6.07, 6.45) is 1.61. The molecule has 0 bridgehead atoms. The highest BCUT2D eigenvalue weighted by atomic mass is 16.5. The number of anilines is 1. The van der Waals surface area contributed by atoms with E-state index in [0.717, 1.165) is 5.76 Å². The monoisotopic (exact) mass is 288 g/mol. The molecule has 0 saturated carbocycles. The van der Waals surface area contributed by atoms with Gasteiger partial charge in [0.15, 0.2) is 5.78 Å². The Balaban J connectivity index is 2.00. The van der Waals surface area contributed by atoms with Crippen LogP contribution in [0.3, 0.4) is 0 Å². The summed E-state index contributed by atoms with van der Waals surface area (Å²) >= 11 is 0. The Morgan fingerprint density at radius 2 is 2.24 bits per heavy atom. The molecule has 0 saturated heterocycles. The fourth-order valence-corrected chi connectivity index (χ4v) is 2.00. The number of rotatable bonds is 7. The van der Waals surface area contributed by atoms with Crippen molar-refractivity contribution in [1.29, 1.82) is 0 Å². The second kappa shape index (κ2) is 6.95. The molecule has 1 aromatic heterocycles. The highest BCUT2D eigenvalue weighted by Crippen LogP contribution is 2.23. The standard InChI is InChI=1S/C16H20N2O3/c1-3-20-15-7-6-12(9-14(15)17)16(19)11(2)18-10-13-5-4-8-21-13/h4-9,11,18H,3,10,17H2,1-2H3. The van der Waals surface area contributed by atoms with Crippen LogP contribution in [0.4, 0.5) is 5.69 Å². The number of nitrogens with two attached hydrogens (primary N) is 1. The first kappa shape index (κ1) is 15.1. The van der Waals surface area contributed by atoms with Crippen LogP contribution in [0.2, 0.25) is 0 Å². The molecule has 0 aliphatic carbocycles. The van der Waals surface area contributed by atoms with Gasteiger partial charge in [-0.2, -0.15) is 0 Å². The Labute approximate surface area is 124 Å². The Kier molecular flexibility index (Phi) is 5.00. The van der Waals surface area contributed by atoms with Gasteiger partial charge in [-0.3, -0.25) is 4.79 Å². The summed E-state index contributed by atoms with van der Waals surface area (Å²) in [7, 11) is 0. The summed E-state index contributed by atoms with van der Waals surface area (Å²) in [4.78, 5) is 12.3. The Morgan fingerprint density at radius 1 is 1.43 bits per heavy atom. The summed E-state index contributed by atoms with van der Waals surface area (Å²) in [5.41, 5.74) is 6.92. The lowest BCUT2D eigenvalue weighted by Gasteiger charge is -2.13. The van der Waals surface area contributed by atoms with Gasteiger partial charge in [-0.05, 0) is 44.2 Å². The van der Waals surface area contributed by atoms with Crippen LogP contribution in [0.25, 0.3) is 0 Å². The molecule has 0 radical (unpaired) electrons. The average Bonchev–Trinajstić information content (AvgIpc) is 2.99. The molecule has 3 N–H and O–H groups in total. The fraction of sp³-hybridized carbons (Fsp3) is 0.312. The second-order valence-corrected chi connectivity index (χ2v) is 4.73. The number of hydrogen-bond acceptors (Lipinski definition) is 5. The fourth-order valence-electron chi connectivity index (χ4n) is 2.00. The number of ketones is 1. The van der Waals surface area contributed by atoms with Gasteiger partial charge in [-0.25, -0.2) is 0 Å². The van der Waals surface area contributed by atoms with Crippen LogP contribution < -0.4 is 15.8 Å². The van der Waals surface area contributed by atoms with Gasteiger partial charge in [0.2, 0.25) is 0 Å². The molecule has 0 aliphatic rings. The molecule has 1 heterocycles. The van der Waals surface area contributed by atoms with E-state index in [9.17, 15) is 4.79 Å². The average molecular weight is 288 g/mol. The van der Waals surface area contributed by atoms with E-state index in [4.69, 9.17) is 14.9 Å². The van der Waals surface area contributed by atoms with E-state index >= 15 is 0 Å². The van der Waals surface area contributed by atoms with Crippen LogP contribution >= 0.6 is 0 Å². The normalized spacial score (nSPS) is 12.1. The minimum Gasteiger partial charge on any atom is -0.492 e. The molecule has 21 heavy (non-hydrogen) atoms. The third kappa shape index (κ3) is 3.86. The number of carbonyl (C=O) groups excluding carboxylic acids is 1. The van der Waals surface area contributed by atoms with Crippen molar-refractivity contribution in [3.05, 3.63) is 47.9 Å². The maximum absolute atomic E-state index is 12.3. The number of hydrogen-bond donors (Lipinski definition) is 2. The van der Waals surface area contributed by atoms with Gasteiger partial charge in [0.25, 0.3) is 0 Å². The van der Waals surface area contributed by atoms with Crippen molar-refractivity contribution < 1.29 is 13.9 Å². The second-order valence-electron chi connectivity index (χ2n) is 4.73. The van der Waals surface area contributed by atoms with Crippen molar-refractivity contribution in [1.82, 2.24) is 5.32 Å². The minimum absolute atomic E-state index is 0.0173. The lowest BCUT2D eigenvalue weighted by molar-refractivity contribution is 0.0949. The van der Waals surface area contributed by atoms with E-state index in [-0.39, 0.29) is 11.8 Å². The van der Waals surface area contributed by atoms with Crippen molar-refractivity contribution in [2.75, 3.05) is 12.3 Å². The first-order valence-corrected chi connectivity index (χ1v) is 6.94. The zero-order valence-electron chi connectivity index (χ0n) is 12.3. The molecule has 0 amide bonds. The van der Waals surface area contributed by atoms with Crippen molar-refractivity contribution in [2.24, 2.45) is 0 Å². The molecule has 1 unspecified atom stereocenters. The molecular weight excluding hydrogens is 268 g/mol. The molecule has 112 valence electrons. The zero-order chi connectivity index (χ0) is 15.2. The lowest BCUT2D eigenvalue weighted by atomic mass is 10.0. The predicted molar refractivity (Wildman–Crippen MR) is 81.4 cm³/mol. The number of nitrogen functional groups attached to an aromatic ring is 1. The largest absolute Gasteiger partial charge is 0.492 e. The quantitative estimate of drug-likeness (QED) is 0.605. The van der Waals surface area contributed by atoms with E-state index in [0.29, 0.717) is 30.2 Å². The predicted octanol–water partition coefficient (Wildman–Crippen LogP) is 2.62. The summed E-state index contributed by atoms with van der Waals surface area (Å²) in [6, 6.07) is 8.46. The molecule has 5 heteroatoms. The molecule has 1 aromatic carbocycles. The molecule has 0 fully saturated rings. The number of nitrogens with one attached hydrogen (secondary N) is 1. The summed E-state index contributed by atoms with van der Waals surface area (Å²) < 4.78 is 10.6. The zero-order valence-corrected chi connectivity index (χ0v) is 12.3. The third-order valence-corrected chi connectivity index (χ3v) is 3.15. The third-order valence-electron chi connectivity index (χ3n) is 3.15. The van der Waals surface area contributed by atoms with Crippen molar-refractivity contribution in [2.45, 2.75) is 26.4 Å². The van der Waals surface area contributed by atoms with Crippen LogP contribution in [0.5, 0.6) is 5.75 Å². The maximum Gasteiger partial charge on any atom is 0.179 e. The van der Waals surface area contributed by atoms with Crippen LogP contribution in [0.15, 0.2) is 41.0 Å². The van der Waals surface area contributed by atoms with Gasteiger partial charge in [0.1, 0.15) is 11.5 Å². The topological polar surface area (TPSA) is 77.5 Å². The maximum atomic E-state index is 12.3. The van der Waals surface area contributed by atoms with E-state index in [1.165, 1.54) is 0 Å². The first-order valence-electron chi connectivity index (χ1n) is 6.94. The Hall–Kier alpha value is -2.27. The molecule has 2 aromatic rings. The number of Topliss-reactive ketones (excluding diaryl/α,β-unsaturated/α-hetero) is 1. The molecule has 0 spiro atoms. The molecule has 1 atom stereocenters. The number of furan rings is 1. The SMILES string of the molecule is CCOc1ccc(C(=O)C(C)NCc2ccco2)cc1N. The molecular formula is C16H20N2O3. The molecule has 5 nitrogen and oxygen atoms in total. The Morgan fingerprint density at radius 3 is 2.86 bits per heavy atom. The first-order chi connectivity index (χ1) is 10.1. The van der Waals surface area contributed by atoms with Crippen LogP contribution in [-0.4, -0.2) is 18.4 Å². The lowest BCUT2D eigenvalue weighted by Crippen LogP contribution is -2.33. The van der Waals surface area contributed by atoms with Gasteiger partial charge in [-0.1, -0.05) is 0 Å². The molecule has 0 aliphatic heterocycles. The van der Waals surface area contributed by atoms with Crippen LogP contribution in [0.1, 0.15) is 30.0 Å². The number of benzene rings is 1. The van der Waals surface area contributed by atoms with Gasteiger partial charge in [0.05, 0.1) is 31.1 Å². The number of ether oxygens (including phenoxy) is 1. The van der Waals surface area contributed by atoms with E-state index in [1.807, 2.05) is 26.0 Å². The van der Waals surface area contributed by atoms with E-state index in [2.05, 4.69) is 5.32 Å². The summed E-state index contributed by atoms with van der Waals surface area (Å²) in [5.74, 6) is 1.38. The molecule has 2 rings (SSSR count). The van der Waals surface area contributed by atoms with Gasteiger partial charge in [0, 0.05) is 5.56 Å². The number of carbonyl (C=O) groups is 1. The van der Waals surface area contributed by atoms with E-state index < -0.39 is 0 Å². The Bertz CT molecular complexity index is 594. The van der Waals surface area contributed by atoms with Gasteiger partial charge < -0.3 is 20.2 Å². The highest BCUT2D eigenvalue weighted by molar-refractivity contribution is 6.00. The van der Waals surface area contributed by atoms with Gasteiger partial charge >= 0.3 is 0 Å². The van der Waals surface area contributed by atoms with Gasteiger partial charge in [-0.15, -0.1) is 0 Å². The highest BCUT2D eigenvalue weighted by Gasteiger charge is 2.16. The summed E-state index contributed by atoms with van der Waals surface area (Å²) in [6.45, 7) is 4.75. The van der Waals surface area contributed by atoms with E-state index in [1.54, 1.807) is 24.5 Å². The summed E-state index contributed by atoms with van der Waals surface area (Å²) in [5, 5.41) is 3.13. The van der Waals surface area contributed by atoms with Crippen LogP contribution in [-0.2, 0) is 6.54 Å². The smallest absolute Gasteiger partial charge is 0.179 e.